The molecule has 38 nitrogen and oxygen atoms in total. The molecular weight excluding hydrogens is 1850 g/mol. The standard InChI is InChI=1S/C26H35N5O5.C17H25N5O3.C16H18N4O3.C13H15BrN2O2.C12H17N5O.C10H18BrNO2/c1-17-22(35-15-18-9-10-30(13-18)25(32)36-26(2,3)4)14-31-23(17)24(28-16-29-31)27-12-19-7-8-20(33-5)11-21(19)34-6;1-11-13(8-22-14(11)15(18)19-10-20-22)24-9-12-5-6-21(7-12)16(23)25-17(2,3)4;1-10-13(21)8-20-15(10)16(18-9-19-20)17-7-11-4-5-12(22-2)6-14(11)23-3;1-8-7-9(14)12(18)16-10(8)11(17)15-13(16)5-3-2-4-6-13;1-8-10(18-6-9-2-3-14-4-9)5-17-11(8)12(13)15-7-16-17;1-10(2,3)14-9(13)12-5-4-8(6-11)7-12/h7-8,11,14,16,18H,9-10,12-13,15H2,1-6H3,(H,27,28,29);8,10,12H,5-7,9H2,1-4H3,(H2,18,19,20);4-6,8-9,21H,7H2,1-3H3,(H,17,18,19);7H,2-6H2,1H3,(H,15,17);5,7,9,14H,2-4,6H2,1H3,(H2,13,15,16);8H,4-7H2,1-3H3. The van der Waals surface area contributed by atoms with Crippen LogP contribution in [-0.2, 0) is 33.0 Å². The lowest BCUT2D eigenvalue weighted by Crippen LogP contribution is -2.48. The molecule has 5 aliphatic heterocycles. The van der Waals surface area contributed by atoms with Gasteiger partial charge in [0.05, 0.1) is 77.5 Å². The minimum absolute atomic E-state index is 0.101. The van der Waals surface area contributed by atoms with Gasteiger partial charge in [-0.2, -0.15) is 20.4 Å². The van der Waals surface area contributed by atoms with E-state index in [1.165, 1.54) is 38.2 Å². The number of carbonyl (C=O) groups excluding carboxylic acids is 4. The lowest BCUT2D eigenvalue weighted by Gasteiger charge is -2.35. The van der Waals surface area contributed by atoms with Crippen LogP contribution in [0.15, 0.2) is 102 Å². The largest absolute Gasteiger partial charge is 0.506 e. The molecule has 2 aromatic carbocycles. The second-order valence-corrected chi connectivity index (χ2v) is 38.6. The number of pyridine rings is 1. The van der Waals surface area contributed by atoms with E-state index >= 15 is 0 Å². The van der Waals surface area contributed by atoms with Crippen LogP contribution >= 0.6 is 31.9 Å². The molecule has 4 amide bonds. The number of likely N-dealkylation sites (tertiary alicyclic amines) is 3. The van der Waals surface area contributed by atoms with Crippen molar-refractivity contribution in [1.29, 1.82) is 0 Å². The summed E-state index contributed by atoms with van der Waals surface area (Å²) in [4.78, 5) is 82.6. The number of methoxy groups -OCH3 is 4. The Morgan fingerprint density at radius 1 is 0.515 bits per heavy atom. The van der Waals surface area contributed by atoms with Gasteiger partial charge in [-0.3, -0.25) is 14.2 Å². The number of nitrogen functional groups attached to an aromatic ring is 2. The van der Waals surface area contributed by atoms with Crippen LogP contribution in [0.2, 0.25) is 0 Å². The summed E-state index contributed by atoms with van der Waals surface area (Å²) in [6, 6.07) is 13.1. The molecule has 14 heterocycles. The number of anilines is 4. The fourth-order valence-corrected chi connectivity index (χ4v) is 17.8. The number of halogens is 2. The SMILES string of the molecule is CC(C)(C)OC(=O)N1CCC(CBr)C1.COc1ccc(CNc2ncnn3cc(O)c(C)c23)c(OC)c1.COc1ccc(CNc2ncnn3cc(OCC4CCN(C(=O)OC(C)(C)C)C4)c(C)c23)c(OC)c1.Cc1c(OCC2CCN(C(=O)OC(C)(C)C)C2)cn2ncnc(N)c12.Cc1c(OCC2CCNC2)cn2ncnc(N)c12.Cc1cc(Br)c(=O)n2c1C(=O)NC21CCCCC1. The summed E-state index contributed by atoms with van der Waals surface area (Å²) in [5.41, 5.74) is 19.9. The van der Waals surface area contributed by atoms with Crippen LogP contribution in [0.4, 0.5) is 37.7 Å². The summed E-state index contributed by atoms with van der Waals surface area (Å²) in [7, 11) is 6.50. The Kier molecular flexibility index (Phi) is 33.2. The molecule has 9 N–H and O–H groups in total. The fraction of sp³-hybridized carbons (Fsp3) is 0.521. The van der Waals surface area contributed by atoms with Crippen molar-refractivity contribution in [2.75, 3.05) is 128 Å². The minimum atomic E-state index is -0.499. The van der Waals surface area contributed by atoms with Crippen molar-refractivity contribution < 1.29 is 71.7 Å². The predicted octanol–water partition coefficient (Wildman–Crippen LogP) is 14.5. The van der Waals surface area contributed by atoms with Crippen LogP contribution in [-0.4, -0.2) is 230 Å². The summed E-state index contributed by atoms with van der Waals surface area (Å²) in [5.74, 6) is 9.31. The van der Waals surface area contributed by atoms with E-state index in [9.17, 15) is 29.1 Å². The fourth-order valence-electron chi connectivity index (χ4n) is 16.7. The number of rotatable bonds is 20. The van der Waals surface area contributed by atoms with Crippen LogP contribution in [0, 0.1) is 58.3 Å². The molecule has 11 aromatic rings. The van der Waals surface area contributed by atoms with Gasteiger partial charge in [-0.1, -0.05) is 22.4 Å². The Bertz CT molecular complexity index is 5990. The number of nitrogens with one attached hydrogen (secondary N) is 4. The van der Waals surface area contributed by atoms with Crippen molar-refractivity contribution in [1.82, 2.24) is 88.3 Å². The smallest absolute Gasteiger partial charge is 0.410 e. The zero-order valence-corrected chi connectivity index (χ0v) is 83.0. The third-order valence-corrected chi connectivity index (χ3v) is 25.2. The highest BCUT2D eigenvalue weighted by atomic mass is 79.9. The van der Waals surface area contributed by atoms with Gasteiger partial charge in [-0.25, -0.2) is 52.4 Å². The zero-order valence-electron chi connectivity index (χ0n) is 79.9. The second-order valence-electron chi connectivity index (χ2n) is 37.1. The Labute approximate surface area is 796 Å². The maximum Gasteiger partial charge on any atom is 0.410 e. The van der Waals surface area contributed by atoms with Gasteiger partial charge in [0.25, 0.3) is 11.5 Å². The second kappa shape index (κ2) is 44.2. The number of aryl methyl sites for hydroxylation is 5. The van der Waals surface area contributed by atoms with Gasteiger partial charge < -0.3 is 99.9 Å². The zero-order chi connectivity index (χ0) is 96.7. The number of fused-ring (bicyclic) bond motifs is 6. The highest BCUT2D eigenvalue weighted by Gasteiger charge is 2.45. The summed E-state index contributed by atoms with van der Waals surface area (Å²) in [6.07, 6.45) is 21.2. The van der Waals surface area contributed by atoms with Gasteiger partial charge >= 0.3 is 18.3 Å². The van der Waals surface area contributed by atoms with Gasteiger partial charge in [0.2, 0.25) is 0 Å². The summed E-state index contributed by atoms with van der Waals surface area (Å²) in [5, 5.41) is 40.6. The maximum absolute atomic E-state index is 12.4. The number of nitrogens with two attached hydrogens (primary N) is 2. The lowest BCUT2D eigenvalue weighted by molar-refractivity contribution is 0.0274. The highest BCUT2D eigenvalue weighted by molar-refractivity contribution is 9.10. The van der Waals surface area contributed by atoms with E-state index in [1.807, 2.05) is 152 Å². The summed E-state index contributed by atoms with van der Waals surface area (Å²) < 4.78 is 64.6. The molecule has 724 valence electrons. The van der Waals surface area contributed by atoms with Crippen LogP contribution in [0.1, 0.15) is 170 Å². The molecule has 1 saturated carbocycles. The van der Waals surface area contributed by atoms with Crippen molar-refractivity contribution in [3.8, 4) is 46.0 Å². The number of carbonyl (C=O) groups is 4. The van der Waals surface area contributed by atoms with E-state index in [2.05, 4.69) is 93.5 Å². The average molecular weight is 1980 g/mol. The van der Waals surface area contributed by atoms with Gasteiger partial charge in [0, 0.05) is 128 Å². The Balaban J connectivity index is 0.000000149. The van der Waals surface area contributed by atoms with E-state index in [4.69, 9.17) is 58.8 Å². The average Bonchev–Trinajstić information content (AvgIpc) is 1.57. The van der Waals surface area contributed by atoms with E-state index < -0.39 is 16.9 Å². The number of nitrogens with zero attached hydrogens (tertiary/aromatic N) is 16. The Hall–Kier alpha value is -12.3. The van der Waals surface area contributed by atoms with Crippen LogP contribution in [0.25, 0.3) is 22.1 Å². The number of aromatic nitrogens is 13. The van der Waals surface area contributed by atoms with Crippen molar-refractivity contribution in [2.24, 2.45) is 23.7 Å². The van der Waals surface area contributed by atoms with Crippen molar-refractivity contribution in [3.63, 3.8) is 0 Å². The molecule has 9 aromatic heterocycles. The first-order valence-corrected chi connectivity index (χ1v) is 47.0. The topological polar surface area (TPSA) is 433 Å². The van der Waals surface area contributed by atoms with E-state index in [-0.39, 0.29) is 52.9 Å². The molecular formula is C94H128Br2N22O16. The number of alkyl halides is 1. The van der Waals surface area contributed by atoms with Crippen molar-refractivity contribution >= 4 is 101 Å². The first-order chi connectivity index (χ1) is 63.8. The first kappa shape index (κ1) is 101. The molecule has 1 spiro atoms. The van der Waals surface area contributed by atoms with Gasteiger partial charge in [-0.15, -0.1) is 0 Å². The monoisotopic (exact) mass is 1980 g/mol. The quantitative estimate of drug-likeness (QED) is 0.0275. The molecule has 4 saturated heterocycles. The Morgan fingerprint density at radius 3 is 1.32 bits per heavy atom. The normalized spacial score (nSPS) is 17.2. The maximum atomic E-state index is 12.4. The third kappa shape index (κ3) is 25.2. The number of benzene rings is 2. The molecule has 4 atom stereocenters. The number of hydrogen-bond donors (Lipinski definition) is 7. The molecule has 0 bridgehead atoms. The number of aromatic hydroxyl groups is 1. The minimum Gasteiger partial charge on any atom is -0.506 e. The molecule has 0 radical (unpaired) electrons. The van der Waals surface area contributed by atoms with Crippen molar-refractivity contribution in [2.45, 2.75) is 190 Å². The molecule has 4 unspecified atom stereocenters. The van der Waals surface area contributed by atoms with Gasteiger partial charge in [-0.05, 0) is 213 Å². The third-order valence-electron chi connectivity index (χ3n) is 23.7. The molecule has 17 rings (SSSR count). The highest BCUT2D eigenvalue weighted by Crippen LogP contribution is 2.40. The first-order valence-electron chi connectivity index (χ1n) is 45.0. The number of amides is 4. The van der Waals surface area contributed by atoms with Gasteiger partial charge in [0.15, 0.2) is 23.3 Å². The van der Waals surface area contributed by atoms with Gasteiger partial charge in [0.1, 0.15) is 122 Å². The van der Waals surface area contributed by atoms with E-state index in [1.54, 1.807) is 78.0 Å². The van der Waals surface area contributed by atoms with Crippen LogP contribution < -0.4 is 71.5 Å². The number of hydrogen-bond acceptors (Lipinski definition) is 29. The van der Waals surface area contributed by atoms with Crippen LogP contribution in [0.5, 0.6) is 46.0 Å². The molecule has 6 aliphatic rings. The Morgan fingerprint density at radius 2 is 0.918 bits per heavy atom. The molecule has 5 fully saturated rings. The number of ether oxygens (including phenoxy) is 10. The lowest BCUT2D eigenvalue weighted by atomic mass is 9.89. The molecule has 134 heavy (non-hydrogen) atoms. The van der Waals surface area contributed by atoms with Crippen LogP contribution in [0.3, 0.4) is 0 Å². The molecule has 40 heteroatoms. The van der Waals surface area contributed by atoms with E-state index in [0.29, 0.717) is 97.8 Å². The predicted molar refractivity (Wildman–Crippen MR) is 516 cm³/mol. The summed E-state index contributed by atoms with van der Waals surface area (Å²) >= 11 is 6.73. The summed E-state index contributed by atoms with van der Waals surface area (Å²) in [6.45, 7) is 35.7. The van der Waals surface area contributed by atoms with E-state index in [0.717, 1.165) is 184 Å². The van der Waals surface area contributed by atoms with Crippen molar-refractivity contribution in [3.05, 3.63) is 152 Å². The molecule has 1 aliphatic carbocycles.